The average molecular weight is 290 g/mol. The summed E-state index contributed by atoms with van der Waals surface area (Å²) in [6.45, 7) is 6.93. The maximum atomic E-state index is 4.18. The van der Waals surface area contributed by atoms with Gasteiger partial charge in [-0.2, -0.15) is 0 Å². The van der Waals surface area contributed by atoms with E-state index in [0.29, 0.717) is 5.41 Å². The van der Waals surface area contributed by atoms with Crippen LogP contribution >= 0.6 is 27.3 Å². The molecule has 84 valence electrons. The summed E-state index contributed by atoms with van der Waals surface area (Å²) in [5.41, 5.74) is 0.483. The van der Waals surface area contributed by atoms with Crippen molar-refractivity contribution in [3.05, 3.63) is 3.92 Å². The Morgan fingerprint density at radius 1 is 1.27 bits per heavy atom. The molecule has 1 aliphatic rings. The van der Waals surface area contributed by atoms with E-state index in [9.17, 15) is 0 Å². The lowest BCUT2D eigenvalue weighted by Gasteiger charge is -2.22. The van der Waals surface area contributed by atoms with Crippen LogP contribution in [0, 0.1) is 5.41 Å². The molecule has 1 saturated heterocycles. The summed E-state index contributed by atoms with van der Waals surface area (Å²) in [5.74, 6) is 0. The molecule has 1 aliphatic heterocycles. The van der Waals surface area contributed by atoms with E-state index < -0.39 is 0 Å². The summed E-state index contributed by atoms with van der Waals surface area (Å²) in [6.07, 6.45) is 3.80. The Kier molecular flexibility index (Phi) is 3.30. The fraction of sp³-hybridized carbons (Fsp3) is 0.800. The second-order valence-corrected chi connectivity index (χ2v) is 7.07. The lowest BCUT2D eigenvalue weighted by atomic mass is 9.85. The molecule has 0 spiro atoms. The van der Waals surface area contributed by atoms with Crippen molar-refractivity contribution >= 4 is 32.4 Å². The third-order valence-corrected chi connectivity index (χ3v) is 4.42. The fourth-order valence-electron chi connectivity index (χ4n) is 1.94. The Bertz CT molecular complexity index is 337. The third-order valence-electron chi connectivity index (χ3n) is 3.00. The van der Waals surface area contributed by atoms with Gasteiger partial charge in [0.15, 0.2) is 3.92 Å². The molecule has 1 fully saturated rings. The van der Waals surface area contributed by atoms with Crippen LogP contribution in [0.1, 0.15) is 33.1 Å². The van der Waals surface area contributed by atoms with Crippen molar-refractivity contribution in [1.29, 1.82) is 0 Å². The van der Waals surface area contributed by atoms with Gasteiger partial charge in [0.05, 0.1) is 0 Å². The van der Waals surface area contributed by atoms with Crippen molar-refractivity contribution in [2.75, 3.05) is 18.0 Å². The molecule has 5 heteroatoms. The maximum Gasteiger partial charge on any atom is 0.209 e. The SMILES string of the molecule is CC1(C)CCCN(c2nnc(Br)s2)CC1. The highest BCUT2D eigenvalue weighted by atomic mass is 79.9. The number of halogens is 1. The van der Waals surface area contributed by atoms with Gasteiger partial charge in [-0.15, -0.1) is 10.2 Å². The molecule has 0 aliphatic carbocycles. The Morgan fingerprint density at radius 2 is 2.07 bits per heavy atom. The summed E-state index contributed by atoms with van der Waals surface area (Å²) < 4.78 is 0.876. The molecule has 2 rings (SSSR count). The van der Waals surface area contributed by atoms with E-state index in [1.807, 2.05) is 0 Å². The monoisotopic (exact) mass is 289 g/mol. The van der Waals surface area contributed by atoms with Gasteiger partial charge in [-0.05, 0) is 40.6 Å². The van der Waals surface area contributed by atoms with E-state index in [4.69, 9.17) is 0 Å². The lowest BCUT2D eigenvalue weighted by molar-refractivity contribution is 0.325. The molecule has 3 nitrogen and oxygen atoms in total. The van der Waals surface area contributed by atoms with Crippen LogP contribution in [-0.4, -0.2) is 23.3 Å². The van der Waals surface area contributed by atoms with E-state index in [1.165, 1.54) is 19.3 Å². The molecule has 15 heavy (non-hydrogen) atoms. The normalized spacial score (nSPS) is 21.4. The molecule has 0 amide bonds. The first-order chi connectivity index (χ1) is 7.07. The van der Waals surface area contributed by atoms with E-state index in [-0.39, 0.29) is 0 Å². The van der Waals surface area contributed by atoms with Gasteiger partial charge in [0, 0.05) is 13.1 Å². The molecule has 0 N–H and O–H groups in total. The minimum atomic E-state index is 0.483. The highest BCUT2D eigenvalue weighted by Gasteiger charge is 2.24. The summed E-state index contributed by atoms with van der Waals surface area (Å²) in [5, 5.41) is 9.23. The predicted octanol–water partition coefficient (Wildman–Crippen LogP) is 3.32. The van der Waals surface area contributed by atoms with Crippen molar-refractivity contribution in [3.8, 4) is 0 Å². The van der Waals surface area contributed by atoms with Crippen LogP contribution in [0.25, 0.3) is 0 Å². The molecule has 0 aromatic carbocycles. The molecule has 1 aromatic rings. The third kappa shape index (κ3) is 2.91. The van der Waals surface area contributed by atoms with Crippen molar-refractivity contribution < 1.29 is 0 Å². The molecule has 2 heterocycles. The van der Waals surface area contributed by atoms with Crippen LogP contribution in [-0.2, 0) is 0 Å². The van der Waals surface area contributed by atoms with Crippen LogP contribution in [0.3, 0.4) is 0 Å². The summed E-state index contributed by atoms with van der Waals surface area (Å²) in [6, 6.07) is 0. The largest absolute Gasteiger partial charge is 0.347 e. The van der Waals surface area contributed by atoms with Crippen molar-refractivity contribution in [1.82, 2.24) is 10.2 Å². The first-order valence-electron chi connectivity index (χ1n) is 5.31. The molecular weight excluding hydrogens is 274 g/mol. The van der Waals surface area contributed by atoms with Crippen LogP contribution in [0.2, 0.25) is 0 Å². The highest BCUT2D eigenvalue weighted by Crippen LogP contribution is 2.33. The van der Waals surface area contributed by atoms with Gasteiger partial charge in [-0.1, -0.05) is 25.2 Å². The first-order valence-corrected chi connectivity index (χ1v) is 6.92. The minimum Gasteiger partial charge on any atom is -0.347 e. The van der Waals surface area contributed by atoms with Crippen LogP contribution in [0.4, 0.5) is 5.13 Å². The number of nitrogens with zero attached hydrogens (tertiary/aromatic N) is 3. The number of rotatable bonds is 1. The minimum absolute atomic E-state index is 0.483. The zero-order chi connectivity index (χ0) is 10.9. The smallest absolute Gasteiger partial charge is 0.209 e. The molecule has 0 unspecified atom stereocenters. The summed E-state index contributed by atoms with van der Waals surface area (Å²) in [4.78, 5) is 2.36. The van der Waals surface area contributed by atoms with Gasteiger partial charge in [0.25, 0.3) is 0 Å². The van der Waals surface area contributed by atoms with Gasteiger partial charge in [-0.25, -0.2) is 0 Å². The summed E-state index contributed by atoms with van der Waals surface area (Å²) in [7, 11) is 0. The van der Waals surface area contributed by atoms with Crippen molar-refractivity contribution in [2.24, 2.45) is 5.41 Å². The second kappa shape index (κ2) is 4.37. The van der Waals surface area contributed by atoms with Crippen molar-refractivity contribution in [2.45, 2.75) is 33.1 Å². The molecule has 0 bridgehead atoms. The molecule has 0 saturated carbocycles. The molecule has 0 atom stereocenters. The second-order valence-electron chi connectivity index (χ2n) is 4.84. The number of hydrogen-bond donors (Lipinski definition) is 0. The Labute approximate surface area is 103 Å². The van der Waals surface area contributed by atoms with E-state index in [2.05, 4.69) is 44.9 Å². The highest BCUT2D eigenvalue weighted by molar-refractivity contribution is 9.11. The van der Waals surface area contributed by atoms with Crippen LogP contribution in [0.5, 0.6) is 0 Å². The van der Waals surface area contributed by atoms with Crippen molar-refractivity contribution in [3.63, 3.8) is 0 Å². The van der Waals surface area contributed by atoms with E-state index in [0.717, 1.165) is 22.1 Å². The topological polar surface area (TPSA) is 29.0 Å². The van der Waals surface area contributed by atoms with Crippen LogP contribution < -0.4 is 4.90 Å². The van der Waals surface area contributed by atoms with Crippen LogP contribution in [0.15, 0.2) is 3.92 Å². The van der Waals surface area contributed by atoms with Gasteiger partial charge >= 0.3 is 0 Å². The Balaban J connectivity index is 2.05. The summed E-state index contributed by atoms with van der Waals surface area (Å²) >= 11 is 4.98. The van der Waals surface area contributed by atoms with E-state index in [1.54, 1.807) is 11.3 Å². The first kappa shape index (κ1) is 11.3. The number of anilines is 1. The fourth-order valence-corrected chi connectivity index (χ4v) is 3.08. The standard InChI is InChI=1S/C10H16BrN3S/c1-10(2)4-3-6-14(7-5-10)9-13-12-8(11)15-9/h3-7H2,1-2H3. The quantitative estimate of drug-likeness (QED) is 0.794. The Morgan fingerprint density at radius 3 is 2.73 bits per heavy atom. The average Bonchev–Trinajstić information content (AvgIpc) is 2.49. The maximum absolute atomic E-state index is 4.18. The number of hydrogen-bond acceptors (Lipinski definition) is 4. The van der Waals surface area contributed by atoms with Gasteiger partial charge in [0.2, 0.25) is 5.13 Å². The zero-order valence-corrected chi connectivity index (χ0v) is 11.6. The molecule has 1 aromatic heterocycles. The Hall–Kier alpha value is -0.160. The van der Waals surface area contributed by atoms with Gasteiger partial charge < -0.3 is 4.90 Å². The van der Waals surface area contributed by atoms with Gasteiger partial charge in [-0.3, -0.25) is 0 Å². The van der Waals surface area contributed by atoms with E-state index >= 15 is 0 Å². The lowest BCUT2D eigenvalue weighted by Crippen LogP contribution is -2.24. The molecular formula is C10H16BrN3S. The molecule has 0 radical (unpaired) electrons. The zero-order valence-electron chi connectivity index (χ0n) is 9.16. The van der Waals surface area contributed by atoms with Gasteiger partial charge in [0.1, 0.15) is 0 Å². The predicted molar refractivity (Wildman–Crippen MR) is 67.5 cm³/mol. The number of aromatic nitrogens is 2.